The van der Waals surface area contributed by atoms with E-state index in [0.717, 1.165) is 4.88 Å². The molecule has 33 heavy (non-hydrogen) atoms. The average Bonchev–Trinajstić information content (AvgIpc) is 3.42. The molecule has 0 saturated carbocycles. The predicted molar refractivity (Wildman–Crippen MR) is 128 cm³/mol. The van der Waals surface area contributed by atoms with Gasteiger partial charge in [-0.05, 0) is 57.3 Å². The predicted octanol–water partition coefficient (Wildman–Crippen LogP) is 3.96. The zero-order chi connectivity index (χ0) is 24.0. The second-order valence-corrected chi connectivity index (χ2v) is 10.2. The average molecular weight is 469 g/mol. The number of fused-ring (bicyclic) bond motifs is 1. The van der Waals surface area contributed by atoms with Crippen molar-refractivity contribution in [3.63, 3.8) is 0 Å². The Kier molecular flexibility index (Phi) is 5.69. The number of thiophene rings is 1. The molecule has 4 rings (SSSR count). The van der Waals surface area contributed by atoms with Crippen LogP contribution in [0.4, 0.5) is 5.69 Å². The molecule has 1 aliphatic heterocycles. The fourth-order valence-electron chi connectivity index (χ4n) is 3.95. The van der Waals surface area contributed by atoms with Crippen molar-refractivity contribution in [2.45, 2.75) is 45.3 Å². The van der Waals surface area contributed by atoms with Crippen molar-refractivity contribution < 1.29 is 19.1 Å². The van der Waals surface area contributed by atoms with Crippen LogP contribution in [0.3, 0.4) is 0 Å². The van der Waals surface area contributed by atoms with Gasteiger partial charge in [0, 0.05) is 11.6 Å². The Hall–Kier alpha value is -3.33. The molecule has 2 amide bonds. The van der Waals surface area contributed by atoms with Gasteiger partial charge in [-0.3, -0.25) is 19.2 Å². The number of carbonyl (C=O) groups excluding carboxylic acids is 2. The van der Waals surface area contributed by atoms with Crippen molar-refractivity contribution >= 4 is 28.8 Å². The van der Waals surface area contributed by atoms with Crippen LogP contribution in [0.25, 0.3) is 10.6 Å². The van der Waals surface area contributed by atoms with E-state index in [-0.39, 0.29) is 18.4 Å². The number of benzene rings is 1. The summed E-state index contributed by atoms with van der Waals surface area (Å²) in [5, 5.41) is 9.67. The molecule has 0 radical (unpaired) electrons. The maximum Gasteiger partial charge on any atom is 0.277 e. The van der Waals surface area contributed by atoms with Crippen LogP contribution in [0.15, 0.2) is 41.8 Å². The molecule has 1 aliphatic rings. The number of nitrogens with zero attached hydrogens (tertiary/aromatic N) is 3. The van der Waals surface area contributed by atoms with Crippen molar-refractivity contribution in [2.75, 3.05) is 19.1 Å². The van der Waals surface area contributed by atoms with E-state index in [4.69, 9.17) is 9.47 Å². The molecule has 0 aliphatic carbocycles. The molecule has 0 bridgehead atoms. The van der Waals surface area contributed by atoms with Gasteiger partial charge in [0.05, 0.1) is 31.3 Å². The molecule has 8 nitrogen and oxygen atoms in total. The standard InChI is InChI=1S/C24H28N4O4S/c1-23(2,3)25-22(30)24(4)14-27-18(13-16(26-27)20-8-7-11-33-20)21(29)28(24)17-10-9-15(31-5)12-19(17)32-6/h7-13H,14H2,1-6H3,(H,25,30)/t24-/m0/s1. The first-order valence-electron chi connectivity index (χ1n) is 10.6. The van der Waals surface area contributed by atoms with E-state index < -0.39 is 11.1 Å². The van der Waals surface area contributed by atoms with E-state index in [2.05, 4.69) is 10.4 Å². The van der Waals surface area contributed by atoms with Crippen molar-refractivity contribution in [1.82, 2.24) is 15.1 Å². The number of hydrogen-bond acceptors (Lipinski definition) is 6. The Morgan fingerprint density at radius 3 is 2.55 bits per heavy atom. The monoisotopic (exact) mass is 468 g/mol. The van der Waals surface area contributed by atoms with Crippen LogP contribution >= 0.6 is 11.3 Å². The Morgan fingerprint density at radius 1 is 1.18 bits per heavy atom. The molecular formula is C24H28N4O4S. The van der Waals surface area contributed by atoms with Gasteiger partial charge in [-0.15, -0.1) is 11.3 Å². The largest absolute Gasteiger partial charge is 0.497 e. The van der Waals surface area contributed by atoms with Crippen LogP contribution in [-0.4, -0.2) is 46.9 Å². The number of methoxy groups -OCH3 is 2. The molecule has 3 heterocycles. The molecule has 0 fully saturated rings. The number of rotatable bonds is 5. The lowest BCUT2D eigenvalue weighted by Crippen LogP contribution is -2.66. The molecular weight excluding hydrogens is 440 g/mol. The smallest absolute Gasteiger partial charge is 0.277 e. The summed E-state index contributed by atoms with van der Waals surface area (Å²) < 4.78 is 12.5. The van der Waals surface area contributed by atoms with E-state index >= 15 is 0 Å². The normalized spacial score (nSPS) is 18.1. The van der Waals surface area contributed by atoms with E-state index in [1.54, 1.807) is 54.3 Å². The van der Waals surface area contributed by atoms with Gasteiger partial charge >= 0.3 is 0 Å². The van der Waals surface area contributed by atoms with E-state index in [1.807, 2.05) is 38.3 Å². The third kappa shape index (κ3) is 4.08. The quantitative estimate of drug-likeness (QED) is 0.613. The lowest BCUT2D eigenvalue weighted by molar-refractivity contribution is -0.128. The Balaban J connectivity index is 1.88. The molecule has 1 atom stereocenters. The van der Waals surface area contributed by atoms with Crippen LogP contribution in [0, 0.1) is 0 Å². The molecule has 1 aromatic carbocycles. The van der Waals surface area contributed by atoms with Gasteiger partial charge in [-0.2, -0.15) is 5.10 Å². The zero-order valence-electron chi connectivity index (χ0n) is 19.6. The number of carbonyl (C=O) groups is 2. The van der Waals surface area contributed by atoms with Crippen molar-refractivity contribution in [3.8, 4) is 22.1 Å². The number of hydrogen-bond donors (Lipinski definition) is 1. The van der Waals surface area contributed by atoms with Crippen LogP contribution < -0.4 is 19.7 Å². The number of anilines is 1. The van der Waals surface area contributed by atoms with Crippen LogP contribution in [0.5, 0.6) is 11.5 Å². The first kappa shape index (κ1) is 22.8. The summed E-state index contributed by atoms with van der Waals surface area (Å²) >= 11 is 1.55. The van der Waals surface area contributed by atoms with Gasteiger partial charge in [0.1, 0.15) is 28.4 Å². The molecule has 0 unspecified atom stereocenters. The number of amides is 2. The molecule has 174 valence electrons. The molecule has 3 aromatic rings. The molecule has 0 spiro atoms. The van der Waals surface area contributed by atoms with Crippen LogP contribution in [-0.2, 0) is 11.3 Å². The highest BCUT2D eigenvalue weighted by molar-refractivity contribution is 7.13. The second-order valence-electron chi connectivity index (χ2n) is 9.21. The third-order valence-corrected chi connectivity index (χ3v) is 6.42. The third-order valence-electron chi connectivity index (χ3n) is 5.53. The van der Waals surface area contributed by atoms with Crippen LogP contribution in [0.2, 0.25) is 0 Å². The topological polar surface area (TPSA) is 85.7 Å². The summed E-state index contributed by atoms with van der Waals surface area (Å²) in [5.41, 5.74) is -0.128. The maximum atomic E-state index is 13.9. The fraction of sp³-hybridized carbons (Fsp3) is 0.375. The van der Waals surface area contributed by atoms with Gasteiger partial charge in [-0.25, -0.2) is 0 Å². The SMILES string of the molecule is COc1ccc(N2C(=O)c3cc(-c4cccs4)nn3C[C@@]2(C)C(=O)NC(C)(C)C)c(OC)c1. The van der Waals surface area contributed by atoms with Crippen molar-refractivity contribution in [2.24, 2.45) is 0 Å². The Labute approximate surface area is 197 Å². The minimum absolute atomic E-state index is 0.191. The minimum Gasteiger partial charge on any atom is -0.497 e. The lowest BCUT2D eigenvalue weighted by atomic mass is 9.92. The van der Waals surface area contributed by atoms with E-state index in [0.29, 0.717) is 28.6 Å². The zero-order valence-corrected chi connectivity index (χ0v) is 20.4. The van der Waals surface area contributed by atoms with Gasteiger partial charge < -0.3 is 14.8 Å². The van der Waals surface area contributed by atoms with Gasteiger partial charge in [0.2, 0.25) is 5.91 Å². The Morgan fingerprint density at radius 2 is 1.94 bits per heavy atom. The van der Waals surface area contributed by atoms with E-state index in [1.165, 1.54) is 12.0 Å². The Bertz CT molecular complexity index is 1200. The summed E-state index contributed by atoms with van der Waals surface area (Å²) in [7, 11) is 3.09. The van der Waals surface area contributed by atoms with Crippen molar-refractivity contribution in [1.29, 1.82) is 0 Å². The van der Waals surface area contributed by atoms with E-state index in [9.17, 15) is 9.59 Å². The second kappa shape index (κ2) is 8.22. The minimum atomic E-state index is -1.25. The highest BCUT2D eigenvalue weighted by Crippen LogP contribution is 2.40. The fourth-order valence-corrected chi connectivity index (χ4v) is 4.63. The lowest BCUT2D eigenvalue weighted by Gasteiger charge is -2.44. The molecule has 1 N–H and O–H groups in total. The summed E-state index contributed by atoms with van der Waals surface area (Å²) in [6.45, 7) is 7.67. The number of nitrogens with one attached hydrogen (secondary N) is 1. The summed E-state index contributed by atoms with van der Waals surface area (Å²) in [6.07, 6.45) is 0. The number of aromatic nitrogens is 2. The number of ether oxygens (including phenoxy) is 2. The summed E-state index contributed by atoms with van der Waals surface area (Å²) in [6, 6.07) is 10.9. The van der Waals surface area contributed by atoms with Gasteiger partial charge in [0.25, 0.3) is 5.91 Å². The van der Waals surface area contributed by atoms with Gasteiger partial charge in [0.15, 0.2) is 0 Å². The molecule has 0 saturated heterocycles. The molecule has 9 heteroatoms. The first-order chi connectivity index (χ1) is 15.6. The highest BCUT2D eigenvalue weighted by Gasteiger charge is 2.50. The molecule has 2 aromatic heterocycles. The summed E-state index contributed by atoms with van der Waals surface area (Å²) in [4.78, 5) is 30.0. The van der Waals surface area contributed by atoms with Gasteiger partial charge in [-0.1, -0.05) is 6.07 Å². The van der Waals surface area contributed by atoms with Crippen molar-refractivity contribution in [3.05, 3.63) is 47.5 Å². The first-order valence-corrected chi connectivity index (χ1v) is 11.5. The highest BCUT2D eigenvalue weighted by atomic mass is 32.1. The maximum absolute atomic E-state index is 13.9. The van der Waals surface area contributed by atoms with Crippen LogP contribution in [0.1, 0.15) is 38.2 Å². The summed E-state index contributed by atoms with van der Waals surface area (Å²) in [5.74, 6) is 0.418.